The molecule has 7 nitrogen and oxygen atoms in total. The van der Waals surface area contributed by atoms with Crippen molar-refractivity contribution in [1.29, 1.82) is 0 Å². The molecule has 0 saturated carbocycles. The smallest absolute Gasteiger partial charge is 0.261 e. The fourth-order valence-electron chi connectivity index (χ4n) is 3.45. The van der Waals surface area contributed by atoms with Gasteiger partial charge in [0.05, 0.1) is 16.6 Å². The first-order chi connectivity index (χ1) is 13.9. The summed E-state index contributed by atoms with van der Waals surface area (Å²) in [6.45, 7) is 1.92. The summed E-state index contributed by atoms with van der Waals surface area (Å²) >= 11 is 0. The number of imide groups is 1. The highest BCUT2D eigenvalue weighted by Gasteiger charge is 2.34. The van der Waals surface area contributed by atoms with E-state index in [0.29, 0.717) is 34.3 Å². The molecule has 2 aromatic carbocycles. The SMILES string of the molecule is Cc1cc2ccc(NC(=O)CCCN3C(=O)c4ccccc4C3=O)cc2[nH]c1=O. The average molecular weight is 389 g/mol. The number of aryl methyl sites for hydroxylation is 1. The van der Waals surface area contributed by atoms with Crippen molar-refractivity contribution in [1.82, 2.24) is 9.88 Å². The molecule has 0 spiro atoms. The molecule has 3 amide bonds. The molecule has 1 aromatic heterocycles. The van der Waals surface area contributed by atoms with Crippen molar-refractivity contribution in [3.05, 3.63) is 75.6 Å². The van der Waals surface area contributed by atoms with Gasteiger partial charge in [-0.2, -0.15) is 0 Å². The minimum Gasteiger partial charge on any atom is -0.326 e. The average Bonchev–Trinajstić information content (AvgIpc) is 2.94. The van der Waals surface area contributed by atoms with Crippen LogP contribution < -0.4 is 10.9 Å². The molecule has 2 N–H and O–H groups in total. The number of amides is 3. The van der Waals surface area contributed by atoms with Gasteiger partial charge >= 0.3 is 0 Å². The Morgan fingerprint density at radius 2 is 1.69 bits per heavy atom. The van der Waals surface area contributed by atoms with E-state index in [1.54, 1.807) is 49.4 Å². The first-order valence-electron chi connectivity index (χ1n) is 9.33. The van der Waals surface area contributed by atoms with Gasteiger partial charge in [0.1, 0.15) is 0 Å². The minimum absolute atomic E-state index is 0.163. The van der Waals surface area contributed by atoms with E-state index in [9.17, 15) is 19.2 Å². The number of pyridine rings is 1. The molecule has 146 valence electrons. The molecule has 0 saturated heterocycles. The lowest BCUT2D eigenvalue weighted by Gasteiger charge is -2.13. The molecule has 3 aromatic rings. The molecule has 0 fully saturated rings. The van der Waals surface area contributed by atoms with E-state index in [1.165, 1.54) is 4.90 Å². The number of carbonyl (C=O) groups excluding carboxylic acids is 3. The van der Waals surface area contributed by atoms with E-state index in [-0.39, 0.29) is 36.2 Å². The first kappa shape index (κ1) is 18.6. The first-order valence-corrected chi connectivity index (χ1v) is 9.33. The third-order valence-corrected chi connectivity index (χ3v) is 4.98. The fourth-order valence-corrected chi connectivity index (χ4v) is 3.45. The molecule has 1 aliphatic heterocycles. The zero-order chi connectivity index (χ0) is 20.5. The van der Waals surface area contributed by atoms with Crippen LogP contribution in [-0.4, -0.2) is 34.2 Å². The van der Waals surface area contributed by atoms with Gasteiger partial charge in [0, 0.05) is 24.2 Å². The number of benzene rings is 2. The van der Waals surface area contributed by atoms with Crippen molar-refractivity contribution >= 4 is 34.3 Å². The van der Waals surface area contributed by atoms with Gasteiger partial charge in [0.25, 0.3) is 17.4 Å². The monoisotopic (exact) mass is 389 g/mol. The van der Waals surface area contributed by atoms with Gasteiger partial charge in [-0.1, -0.05) is 18.2 Å². The van der Waals surface area contributed by atoms with Crippen LogP contribution in [0.1, 0.15) is 39.1 Å². The van der Waals surface area contributed by atoms with Crippen LogP contribution >= 0.6 is 0 Å². The normalized spacial score (nSPS) is 13.1. The summed E-state index contributed by atoms with van der Waals surface area (Å²) < 4.78 is 0. The van der Waals surface area contributed by atoms with Gasteiger partial charge in [0.15, 0.2) is 0 Å². The predicted octanol–water partition coefficient (Wildman–Crippen LogP) is 2.85. The van der Waals surface area contributed by atoms with E-state index in [2.05, 4.69) is 10.3 Å². The van der Waals surface area contributed by atoms with E-state index in [4.69, 9.17) is 0 Å². The van der Waals surface area contributed by atoms with Crippen LogP contribution in [0.4, 0.5) is 5.69 Å². The lowest BCUT2D eigenvalue weighted by atomic mass is 10.1. The van der Waals surface area contributed by atoms with Crippen LogP contribution in [0.25, 0.3) is 10.9 Å². The Labute approximate surface area is 166 Å². The maximum absolute atomic E-state index is 12.3. The number of aromatic amines is 1. The summed E-state index contributed by atoms with van der Waals surface area (Å²) in [4.78, 5) is 52.6. The van der Waals surface area contributed by atoms with Crippen molar-refractivity contribution < 1.29 is 14.4 Å². The zero-order valence-electron chi connectivity index (χ0n) is 15.8. The summed E-state index contributed by atoms with van der Waals surface area (Å²) in [6, 6.07) is 13.8. The minimum atomic E-state index is -0.320. The molecule has 4 rings (SSSR count). The lowest BCUT2D eigenvalue weighted by Crippen LogP contribution is -2.31. The number of fused-ring (bicyclic) bond motifs is 2. The molecular formula is C22H19N3O4. The maximum atomic E-state index is 12.3. The molecule has 0 bridgehead atoms. The van der Waals surface area contributed by atoms with Gasteiger partial charge in [-0.05, 0) is 49.1 Å². The van der Waals surface area contributed by atoms with Crippen molar-refractivity contribution in [2.45, 2.75) is 19.8 Å². The molecule has 7 heteroatoms. The van der Waals surface area contributed by atoms with Crippen LogP contribution in [-0.2, 0) is 4.79 Å². The number of anilines is 1. The maximum Gasteiger partial charge on any atom is 0.261 e. The van der Waals surface area contributed by atoms with Gasteiger partial charge in [-0.25, -0.2) is 0 Å². The number of hydrogen-bond acceptors (Lipinski definition) is 4. The predicted molar refractivity (Wildman–Crippen MR) is 109 cm³/mol. The van der Waals surface area contributed by atoms with Crippen LogP contribution in [0.5, 0.6) is 0 Å². The molecule has 1 aliphatic rings. The zero-order valence-corrected chi connectivity index (χ0v) is 15.8. The van der Waals surface area contributed by atoms with Crippen molar-refractivity contribution in [3.63, 3.8) is 0 Å². The second kappa shape index (κ2) is 7.35. The molecule has 29 heavy (non-hydrogen) atoms. The number of rotatable bonds is 5. The number of H-pyrrole nitrogens is 1. The topological polar surface area (TPSA) is 99.3 Å². The number of nitrogens with one attached hydrogen (secondary N) is 2. The van der Waals surface area contributed by atoms with Gasteiger partial charge in [0.2, 0.25) is 5.91 Å². The van der Waals surface area contributed by atoms with E-state index >= 15 is 0 Å². The third kappa shape index (κ3) is 3.54. The summed E-state index contributed by atoms with van der Waals surface area (Å²) in [6.07, 6.45) is 0.525. The number of nitrogens with zero attached hydrogens (tertiary/aromatic N) is 1. The lowest BCUT2D eigenvalue weighted by molar-refractivity contribution is -0.116. The summed E-state index contributed by atoms with van der Waals surface area (Å²) in [5.41, 5.74) is 2.49. The summed E-state index contributed by atoms with van der Waals surface area (Å²) in [5.74, 6) is -0.866. The highest BCUT2D eigenvalue weighted by molar-refractivity contribution is 6.21. The quantitative estimate of drug-likeness (QED) is 0.656. The molecule has 0 aliphatic carbocycles. The molecule has 0 unspecified atom stereocenters. The third-order valence-electron chi connectivity index (χ3n) is 4.98. The van der Waals surface area contributed by atoms with E-state index in [1.807, 2.05) is 6.07 Å². The molecule has 0 atom stereocenters. The Balaban J connectivity index is 1.36. The summed E-state index contributed by atoms with van der Waals surface area (Å²) in [7, 11) is 0. The highest BCUT2D eigenvalue weighted by Crippen LogP contribution is 2.23. The largest absolute Gasteiger partial charge is 0.326 e. The van der Waals surface area contributed by atoms with Crippen molar-refractivity contribution in [2.24, 2.45) is 0 Å². The Bertz CT molecular complexity index is 1180. The van der Waals surface area contributed by atoms with Gasteiger partial charge < -0.3 is 10.3 Å². The number of aromatic nitrogens is 1. The van der Waals surface area contributed by atoms with E-state index < -0.39 is 0 Å². The molecule has 2 heterocycles. The Kier molecular flexibility index (Phi) is 4.72. The fraction of sp³-hybridized carbons (Fsp3) is 0.182. The molecular weight excluding hydrogens is 370 g/mol. The Morgan fingerprint density at radius 3 is 2.38 bits per heavy atom. The number of carbonyl (C=O) groups is 3. The van der Waals surface area contributed by atoms with Crippen molar-refractivity contribution in [3.8, 4) is 0 Å². The second-order valence-electron chi connectivity index (χ2n) is 7.04. The van der Waals surface area contributed by atoms with Gasteiger partial charge in [-0.3, -0.25) is 24.1 Å². The van der Waals surface area contributed by atoms with Gasteiger partial charge in [-0.15, -0.1) is 0 Å². The standard InChI is InChI=1S/C22H19N3O4/c1-13-11-14-8-9-15(12-18(14)24-20(13)27)23-19(26)7-4-10-25-21(28)16-5-2-3-6-17(16)22(25)29/h2-3,5-6,8-9,11-12H,4,7,10H2,1H3,(H,23,26)(H,24,27). The summed E-state index contributed by atoms with van der Waals surface area (Å²) in [5, 5.41) is 3.66. The Morgan fingerprint density at radius 1 is 1.00 bits per heavy atom. The van der Waals surface area contributed by atoms with Crippen LogP contribution in [0.3, 0.4) is 0 Å². The van der Waals surface area contributed by atoms with E-state index in [0.717, 1.165) is 5.39 Å². The van der Waals surface area contributed by atoms with Crippen LogP contribution in [0.2, 0.25) is 0 Å². The molecule has 0 radical (unpaired) electrons. The van der Waals surface area contributed by atoms with Crippen LogP contribution in [0, 0.1) is 6.92 Å². The number of hydrogen-bond donors (Lipinski definition) is 2. The Hall–Kier alpha value is -3.74. The van der Waals surface area contributed by atoms with Crippen LogP contribution in [0.15, 0.2) is 53.3 Å². The second-order valence-corrected chi connectivity index (χ2v) is 7.04. The van der Waals surface area contributed by atoms with Crippen molar-refractivity contribution in [2.75, 3.05) is 11.9 Å². The highest BCUT2D eigenvalue weighted by atomic mass is 16.2.